The van der Waals surface area contributed by atoms with Crippen LogP contribution in [0.15, 0.2) is 70.8 Å². The van der Waals surface area contributed by atoms with Gasteiger partial charge in [0.1, 0.15) is 0 Å². The summed E-state index contributed by atoms with van der Waals surface area (Å²) in [5, 5.41) is 2.92. The van der Waals surface area contributed by atoms with Crippen molar-refractivity contribution in [3.8, 4) is 0 Å². The zero-order chi connectivity index (χ0) is 26.7. The largest absolute Gasteiger partial charge is 0.463 e. The van der Waals surface area contributed by atoms with E-state index in [1.165, 1.54) is 9.21 Å². The maximum Gasteiger partial charge on any atom is 0.338 e. The van der Waals surface area contributed by atoms with Gasteiger partial charge in [-0.15, -0.1) is 0 Å². The Bertz CT molecular complexity index is 1280. The first kappa shape index (κ1) is 26.8. The van der Waals surface area contributed by atoms with Gasteiger partial charge in [0.15, 0.2) is 0 Å². The Labute approximate surface area is 218 Å². The zero-order valence-electron chi connectivity index (χ0n) is 21.7. The van der Waals surface area contributed by atoms with Crippen LogP contribution in [-0.2, 0) is 19.6 Å². The second-order valence-electron chi connectivity index (χ2n) is 9.45. The Hall–Kier alpha value is -3.21. The molecule has 2 aliphatic heterocycles. The van der Waals surface area contributed by atoms with E-state index in [2.05, 4.69) is 10.2 Å². The van der Waals surface area contributed by atoms with Gasteiger partial charge in [0, 0.05) is 45.0 Å². The molecule has 2 aliphatic rings. The molecule has 9 nitrogen and oxygen atoms in total. The van der Waals surface area contributed by atoms with Crippen LogP contribution in [-0.4, -0.2) is 80.4 Å². The van der Waals surface area contributed by atoms with E-state index in [0.717, 1.165) is 11.1 Å². The summed E-state index contributed by atoms with van der Waals surface area (Å²) in [6, 6.07) is 14.9. The Kier molecular flexibility index (Phi) is 8.01. The number of hydrogen-bond donors (Lipinski definition) is 1. The number of esters is 1. The minimum atomic E-state index is -3.63. The summed E-state index contributed by atoms with van der Waals surface area (Å²) in [5.74, 6) is -0.480. The molecule has 0 bridgehead atoms. The van der Waals surface area contributed by atoms with Gasteiger partial charge in [-0.1, -0.05) is 48.0 Å². The molecule has 2 aromatic carbocycles. The van der Waals surface area contributed by atoms with Crippen LogP contribution in [0.2, 0.25) is 0 Å². The van der Waals surface area contributed by atoms with Crippen molar-refractivity contribution < 1.29 is 22.7 Å². The minimum Gasteiger partial charge on any atom is -0.463 e. The van der Waals surface area contributed by atoms with Crippen molar-refractivity contribution in [2.45, 2.75) is 37.8 Å². The van der Waals surface area contributed by atoms with E-state index < -0.39 is 22.0 Å². The van der Waals surface area contributed by atoms with Gasteiger partial charge in [-0.2, -0.15) is 4.31 Å². The molecular formula is C27H34N4O5S. The van der Waals surface area contributed by atoms with E-state index in [9.17, 15) is 18.0 Å². The number of urea groups is 1. The van der Waals surface area contributed by atoms with Crippen LogP contribution in [0.25, 0.3) is 0 Å². The first-order valence-electron chi connectivity index (χ1n) is 12.4. The molecule has 0 spiro atoms. The number of aryl methyl sites for hydroxylation is 1. The molecule has 1 N–H and O–H groups in total. The number of nitrogens with zero attached hydrogens (tertiary/aromatic N) is 3. The quantitative estimate of drug-likeness (QED) is 0.557. The van der Waals surface area contributed by atoms with E-state index in [0.29, 0.717) is 37.4 Å². The molecule has 37 heavy (non-hydrogen) atoms. The van der Waals surface area contributed by atoms with Gasteiger partial charge in [0.25, 0.3) is 0 Å². The average molecular weight is 527 g/mol. The lowest BCUT2D eigenvalue weighted by Gasteiger charge is -2.41. The summed E-state index contributed by atoms with van der Waals surface area (Å²) in [4.78, 5) is 29.9. The predicted octanol–water partition coefficient (Wildman–Crippen LogP) is 2.90. The highest BCUT2D eigenvalue weighted by molar-refractivity contribution is 7.89. The molecule has 10 heteroatoms. The number of hydrogen-bond acceptors (Lipinski definition) is 6. The van der Waals surface area contributed by atoms with Crippen molar-refractivity contribution in [3.05, 3.63) is 77.0 Å². The Morgan fingerprint density at radius 2 is 1.76 bits per heavy atom. The molecule has 1 saturated heterocycles. The summed E-state index contributed by atoms with van der Waals surface area (Å²) in [7, 11) is -2.00. The van der Waals surface area contributed by atoms with Crippen LogP contribution in [0.5, 0.6) is 0 Å². The van der Waals surface area contributed by atoms with E-state index >= 15 is 0 Å². The number of rotatable bonds is 7. The van der Waals surface area contributed by atoms with Crippen molar-refractivity contribution in [3.63, 3.8) is 0 Å². The number of sulfonamides is 1. The summed E-state index contributed by atoms with van der Waals surface area (Å²) in [6.07, 6.45) is 0. The lowest BCUT2D eigenvalue weighted by molar-refractivity contribution is -0.139. The van der Waals surface area contributed by atoms with Gasteiger partial charge < -0.3 is 10.1 Å². The third-order valence-electron chi connectivity index (χ3n) is 6.86. The van der Waals surface area contributed by atoms with Gasteiger partial charge >= 0.3 is 12.0 Å². The fourth-order valence-electron chi connectivity index (χ4n) is 4.87. The lowest BCUT2D eigenvalue weighted by atomic mass is 9.94. The normalized spacial score (nSPS) is 21.6. The molecule has 2 amide bonds. The van der Waals surface area contributed by atoms with Crippen molar-refractivity contribution in [2.24, 2.45) is 0 Å². The number of carbonyl (C=O) groups is 2. The van der Waals surface area contributed by atoms with Crippen LogP contribution >= 0.6 is 0 Å². The number of amides is 2. The Morgan fingerprint density at radius 1 is 1.08 bits per heavy atom. The van der Waals surface area contributed by atoms with Gasteiger partial charge in [0.05, 0.1) is 23.1 Å². The Balaban J connectivity index is 1.61. The van der Waals surface area contributed by atoms with Crippen molar-refractivity contribution in [2.75, 3.05) is 39.8 Å². The third kappa shape index (κ3) is 5.56. The first-order chi connectivity index (χ1) is 17.6. The topological polar surface area (TPSA) is 99.3 Å². The number of ether oxygens (including phenoxy) is 1. The van der Waals surface area contributed by atoms with E-state index in [-0.39, 0.29) is 23.6 Å². The summed E-state index contributed by atoms with van der Waals surface area (Å²) >= 11 is 0. The molecule has 2 heterocycles. The second kappa shape index (κ2) is 11.0. The molecule has 2 atom stereocenters. The fourth-order valence-corrected chi connectivity index (χ4v) is 6.48. The molecule has 198 valence electrons. The standard InChI is InChI=1S/C27H34N4O5S/c1-5-36-26(32)24-23(29(4)27(33)28-25(24)21-9-7-6-8-10-21)18-30-15-16-31(20(3)17-30)37(34,35)22-13-11-19(2)12-14-22/h6-14,20,25H,5,15-18H2,1-4H3,(H,28,33). The number of carbonyl (C=O) groups excluding carboxylic acids is 2. The average Bonchev–Trinajstić information content (AvgIpc) is 2.87. The highest BCUT2D eigenvalue weighted by Crippen LogP contribution is 2.32. The van der Waals surface area contributed by atoms with Crippen LogP contribution in [0, 0.1) is 6.92 Å². The summed E-state index contributed by atoms with van der Waals surface area (Å²) < 4.78 is 33.5. The van der Waals surface area contributed by atoms with Crippen LogP contribution < -0.4 is 5.32 Å². The molecule has 0 saturated carbocycles. The lowest BCUT2D eigenvalue weighted by Crippen LogP contribution is -2.56. The third-order valence-corrected chi connectivity index (χ3v) is 8.88. The second-order valence-corrected chi connectivity index (χ2v) is 11.3. The molecule has 4 rings (SSSR count). The Morgan fingerprint density at radius 3 is 2.38 bits per heavy atom. The molecule has 0 radical (unpaired) electrons. The van der Waals surface area contributed by atoms with Gasteiger partial charge in [0.2, 0.25) is 10.0 Å². The minimum absolute atomic E-state index is 0.210. The first-order valence-corrected chi connectivity index (χ1v) is 13.9. The number of piperazine rings is 1. The van der Waals surface area contributed by atoms with Crippen LogP contribution in [0.1, 0.15) is 31.0 Å². The predicted molar refractivity (Wildman–Crippen MR) is 140 cm³/mol. The highest BCUT2D eigenvalue weighted by Gasteiger charge is 2.39. The van der Waals surface area contributed by atoms with Crippen LogP contribution in [0.4, 0.5) is 4.79 Å². The van der Waals surface area contributed by atoms with Crippen LogP contribution in [0.3, 0.4) is 0 Å². The zero-order valence-corrected chi connectivity index (χ0v) is 22.5. The smallest absolute Gasteiger partial charge is 0.338 e. The van der Waals surface area contributed by atoms with Crippen molar-refractivity contribution in [1.82, 2.24) is 19.4 Å². The maximum absolute atomic E-state index is 13.3. The summed E-state index contributed by atoms with van der Waals surface area (Å²) in [5.41, 5.74) is 2.72. The van der Waals surface area contributed by atoms with Crippen molar-refractivity contribution >= 4 is 22.0 Å². The SMILES string of the molecule is CCOC(=O)C1=C(CN2CCN(S(=O)(=O)c3ccc(C)cc3)C(C)C2)N(C)C(=O)NC1c1ccccc1. The number of nitrogens with one attached hydrogen (secondary N) is 1. The fraction of sp³-hybridized carbons (Fsp3) is 0.407. The van der Waals surface area contributed by atoms with E-state index in [1.54, 1.807) is 38.2 Å². The van der Waals surface area contributed by atoms with Gasteiger partial charge in [-0.05, 0) is 38.5 Å². The maximum atomic E-state index is 13.3. The highest BCUT2D eigenvalue weighted by atomic mass is 32.2. The molecule has 2 unspecified atom stereocenters. The molecule has 0 aliphatic carbocycles. The monoisotopic (exact) mass is 526 g/mol. The number of benzene rings is 2. The summed E-state index contributed by atoms with van der Waals surface area (Å²) in [6.45, 7) is 7.28. The molecule has 0 aromatic heterocycles. The molecule has 1 fully saturated rings. The van der Waals surface area contributed by atoms with Gasteiger partial charge in [-0.25, -0.2) is 18.0 Å². The molecular weight excluding hydrogens is 492 g/mol. The van der Waals surface area contributed by atoms with Gasteiger partial charge in [-0.3, -0.25) is 9.80 Å². The number of likely N-dealkylation sites (N-methyl/N-ethyl adjacent to an activating group) is 1. The van der Waals surface area contributed by atoms with E-state index in [4.69, 9.17) is 4.74 Å². The van der Waals surface area contributed by atoms with E-state index in [1.807, 2.05) is 44.2 Å². The molecule has 2 aromatic rings. The van der Waals surface area contributed by atoms with Crippen molar-refractivity contribution in [1.29, 1.82) is 0 Å².